The second-order valence-electron chi connectivity index (χ2n) is 17.0. The normalized spacial score (nSPS) is 12.1. The van der Waals surface area contributed by atoms with Crippen LogP contribution < -0.4 is 0 Å². The molecule has 0 amide bonds. The van der Waals surface area contributed by atoms with Crippen LogP contribution in [0.3, 0.4) is 0 Å². The lowest BCUT2D eigenvalue weighted by molar-refractivity contribution is -0.167. The second-order valence-corrected chi connectivity index (χ2v) is 17.0. The summed E-state index contributed by atoms with van der Waals surface area (Å²) in [6.07, 6.45) is 38.3. The van der Waals surface area contributed by atoms with Gasteiger partial charge in [-0.25, -0.2) is 0 Å². The van der Waals surface area contributed by atoms with Crippen molar-refractivity contribution in [3.63, 3.8) is 0 Å². The molecule has 53 heavy (non-hydrogen) atoms. The molecule has 0 saturated heterocycles. The van der Waals surface area contributed by atoms with Crippen LogP contribution in [-0.4, -0.2) is 37.2 Å². The van der Waals surface area contributed by atoms with Gasteiger partial charge in [-0.1, -0.05) is 214 Å². The lowest BCUT2D eigenvalue weighted by Crippen LogP contribution is -2.30. The number of ether oxygens (including phenoxy) is 3. The lowest BCUT2D eigenvalue weighted by atomic mass is 10.0. The summed E-state index contributed by atoms with van der Waals surface area (Å²) in [5.41, 5.74) is 0. The molecule has 0 fully saturated rings. The minimum absolute atomic E-state index is 0.0655. The van der Waals surface area contributed by atoms with Crippen molar-refractivity contribution in [3.05, 3.63) is 0 Å². The Hall–Kier alpha value is -1.59. The van der Waals surface area contributed by atoms with Crippen molar-refractivity contribution in [2.24, 2.45) is 11.8 Å². The standard InChI is InChI=1S/C47H90O6/c1-6-7-8-25-32-37-45(48)51-40-44(53-47(50)39-34-29-24-20-16-12-10-14-18-22-27-31-36-43(4)5)41-52-46(49)38-33-28-23-19-15-11-9-13-17-21-26-30-35-42(2)3/h42-44H,6-41H2,1-5H3/t44-/m1/s1. The first kappa shape index (κ1) is 51.4. The second kappa shape index (κ2) is 40.1. The largest absolute Gasteiger partial charge is 0.462 e. The van der Waals surface area contributed by atoms with E-state index < -0.39 is 6.10 Å². The Morgan fingerprint density at radius 3 is 0.925 bits per heavy atom. The van der Waals surface area contributed by atoms with Crippen LogP contribution in [0.2, 0.25) is 0 Å². The van der Waals surface area contributed by atoms with Crippen molar-refractivity contribution >= 4 is 17.9 Å². The van der Waals surface area contributed by atoms with E-state index in [1.165, 1.54) is 135 Å². The molecule has 314 valence electrons. The van der Waals surface area contributed by atoms with Gasteiger partial charge >= 0.3 is 17.9 Å². The molecule has 0 N–H and O–H groups in total. The molecule has 0 radical (unpaired) electrons. The zero-order chi connectivity index (χ0) is 39.0. The van der Waals surface area contributed by atoms with Gasteiger partial charge in [-0.2, -0.15) is 0 Å². The van der Waals surface area contributed by atoms with Gasteiger partial charge in [0.1, 0.15) is 13.2 Å². The molecule has 0 aromatic carbocycles. The predicted molar refractivity (Wildman–Crippen MR) is 224 cm³/mol. The first-order chi connectivity index (χ1) is 25.7. The first-order valence-electron chi connectivity index (χ1n) is 23.2. The highest BCUT2D eigenvalue weighted by Gasteiger charge is 2.19. The Balaban J connectivity index is 4.17. The molecule has 0 saturated carbocycles. The van der Waals surface area contributed by atoms with Crippen LogP contribution in [0.1, 0.15) is 253 Å². The molecule has 0 rings (SSSR count). The highest BCUT2D eigenvalue weighted by atomic mass is 16.6. The lowest BCUT2D eigenvalue weighted by Gasteiger charge is -2.18. The minimum atomic E-state index is -0.759. The van der Waals surface area contributed by atoms with E-state index in [4.69, 9.17) is 14.2 Å². The van der Waals surface area contributed by atoms with Crippen molar-refractivity contribution < 1.29 is 28.6 Å². The summed E-state index contributed by atoms with van der Waals surface area (Å²) in [5, 5.41) is 0. The molecule has 0 spiro atoms. The van der Waals surface area contributed by atoms with Gasteiger partial charge < -0.3 is 14.2 Å². The predicted octanol–water partition coefficient (Wildman–Crippen LogP) is 14.6. The molecule has 0 aliphatic heterocycles. The zero-order valence-electron chi connectivity index (χ0n) is 36.1. The molecule has 0 unspecified atom stereocenters. The Morgan fingerprint density at radius 1 is 0.358 bits per heavy atom. The topological polar surface area (TPSA) is 78.9 Å². The fourth-order valence-electron chi connectivity index (χ4n) is 6.93. The molecule has 0 heterocycles. The highest BCUT2D eigenvalue weighted by molar-refractivity contribution is 5.71. The fourth-order valence-corrected chi connectivity index (χ4v) is 6.93. The molecule has 6 heteroatoms. The summed E-state index contributed by atoms with van der Waals surface area (Å²) in [4.78, 5) is 37.5. The summed E-state index contributed by atoms with van der Waals surface area (Å²) in [5.74, 6) is 0.797. The smallest absolute Gasteiger partial charge is 0.306 e. The summed E-state index contributed by atoms with van der Waals surface area (Å²) in [6, 6.07) is 0. The van der Waals surface area contributed by atoms with Crippen molar-refractivity contribution in [2.75, 3.05) is 13.2 Å². The van der Waals surface area contributed by atoms with Gasteiger partial charge in [0.2, 0.25) is 0 Å². The molecular formula is C47H90O6. The Kier molecular flexibility index (Phi) is 38.9. The molecule has 1 atom stereocenters. The summed E-state index contributed by atoms with van der Waals surface area (Å²) < 4.78 is 16.6. The van der Waals surface area contributed by atoms with Crippen LogP contribution in [-0.2, 0) is 28.6 Å². The van der Waals surface area contributed by atoms with Crippen LogP contribution in [0.25, 0.3) is 0 Å². The average Bonchev–Trinajstić information content (AvgIpc) is 3.12. The Bertz CT molecular complexity index is 809. The summed E-state index contributed by atoms with van der Waals surface area (Å²) in [6.45, 7) is 11.3. The van der Waals surface area contributed by atoms with Gasteiger partial charge in [0, 0.05) is 19.3 Å². The number of unbranched alkanes of at least 4 members (excludes halogenated alkanes) is 26. The van der Waals surface area contributed by atoms with Crippen molar-refractivity contribution in [3.8, 4) is 0 Å². The van der Waals surface area contributed by atoms with Crippen LogP contribution in [0.4, 0.5) is 0 Å². The van der Waals surface area contributed by atoms with Gasteiger partial charge in [0.25, 0.3) is 0 Å². The maximum atomic E-state index is 12.7. The van der Waals surface area contributed by atoms with Gasteiger partial charge in [-0.3, -0.25) is 14.4 Å². The van der Waals surface area contributed by atoms with Crippen LogP contribution >= 0.6 is 0 Å². The SMILES string of the molecule is CCCCCCCC(=O)OC[C@H](COC(=O)CCCCCCCCCCCCCCC(C)C)OC(=O)CCCCCCCCCCCCCCC(C)C. The monoisotopic (exact) mass is 751 g/mol. The third-order valence-electron chi connectivity index (χ3n) is 10.5. The van der Waals surface area contributed by atoms with Crippen LogP contribution in [0.5, 0.6) is 0 Å². The number of hydrogen-bond donors (Lipinski definition) is 0. The summed E-state index contributed by atoms with van der Waals surface area (Å²) in [7, 11) is 0. The van der Waals surface area contributed by atoms with E-state index >= 15 is 0 Å². The van der Waals surface area contributed by atoms with E-state index in [1.807, 2.05) is 0 Å². The van der Waals surface area contributed by atoms with Gasteiger partial charge in [-0.05, 0) is 31.1 Å². The van der Waals surface area contributed by atoms with Crippen molar-refractivity contribution in [2.45, 2.75) is 259 Å². The molecule has 0 aromatic heterocycles. The van der Waals surface area contributed by atoms with E-state index in [-0.39, 0.29) is 31.1 Å². The van der Waals surface area contributed by atoms with Crippen molar-refractivity contribution in [1.82, 2.24) is 0 Å². The molecule has 0 bridgehead atoms. The summed E-state index contributed by atoms with van der Waals surface area (Å²) >= 11 is 0. The minimum Gasteiger partial charge on any atom is -0.462 e. The highest BCUT2D eigenvalue weighted by Crippen LogP contribution is 2.17. The molecule has 0 aromatic rings. The Morgan fingerprint density at radius 2 is 0.623 bits per heavy atom. The fraction of sp³-hybridized carbons (Fsp3) is 0.936. The zero-order valence-corrected chi connectivity index (χ0v) is 36.1. The third kappa shape index (κ3) is 41.4. The number of carbonyl (C=O) groups excluding carboxylic acids is 3. The first-order valence-corrected chi connectivity index (χ1v) is 23.2. The maximum Gasteiger partial charge on any atom is 0.306 e. The van der Waals surface area contributed by atoms with E-state index in [1.54, 1.807) is 0 Å². The molecular weight excluding hydrogens is 661 g/mol. The Labute approximate surface area is 329 Å². The quantitative estimate of drug-likeness (QED) is 0.0352. The number of esters is 3. The van der Waals surface area contributed by atoms with E-state index in [2.05, 4.69) is 34.6 Å². The van der Waals surface area contributed by atoms with Crippen LogP contribution in [0, 0.1) is 11.8 Å². The van der Waals surface area contributed by atoms with E-state index in [0.717, 1.165) is 76.0 Å². The molecule has 0 aliphatic rings. The number of rotatable bonds is 41. The van der Waals surface area contributed by atoms with Crippen molar-refractivity contribution in [1.29, 1.82) is 0 Å². The molecule has 6 nitrogen and oxygen atoms in total. The van der Waals surface area contributed by atoms with Gasteiger partial charge in [0.15, 0.2) is 6.10 Å². The molecule has 0 aliphatic carbocycles. The van der Waals surface area contributed by atoms with Gasteiger partial charge in [-0.15, -0.1) is 0 Å². The number of hydrogen-bond acceptors (Lipinski definition) is 6. The van der Waals surface area contributed by atoms with E-state index in [9.17, 15) is 14.4 Å². The maximum absolute atomic E-state index is 12.7. The van der Waals surface area contributed by atoms with E-state index in [0.29, 0.717) is 19.3 Å². The van der Waals surface area contributed by atoms with Crippen LogP contribution in [0.15, 0.2) is 0 Å². The third-order valence-corrected chi connectivity index (χ3v) is 10.5. The number of carbonyl (C=O) groups is 3. The average molecular weight is 751 g/mol. The van der Waals surface area contributed by atoms with Gasteiger partial charge in [0.05, 0.1) is 0 Å².